The van der Waals surface area contributed by atoms with E-state index in [1.165, 1.54) is 13.2 Å². The van der Waals surface area contributed by atoms with E-state index >= 15 is 0 Å². The van der Waals surface area contributed by atoms with E-state index in [9.17, 15) is 9.18 Å². The van der Waals surface area contributed by atoms with Crippen LogP contribution in [0.15, 0.2) is 29.3 Å². The molecule has 1 rings (SSSR count). The molecule has 0 saturated carbocycles. The number of nitrogens with zero attached hydrogens (tertiary/aromatic N) is 1. The second-order valence-corrected chi connectivity index (χ2v) is 5.51. The molecule has 0 aliphatic carbocycles. The topological polar surface area (TPSA) is 62.7 Å². The molecule has 0 aliphatic heterocycles. The van der Waals surface area contributed by atoms with E-state index in [4.69, 9.17) is 0 Å². The molecule has 5 nitrogen and oxygen atoms in total. The van der Waals surface area contributed by atoms with E-state index in [1.807, 2.05) is 6.07 Å². The van der Waals surface area contributed by atoms with Gasteiger partial charge in [-0.15, -0.1) is 0 Å². The molecule has 24 heavy (non-hydrogen) atoms. The Morgan fingerprint density at radius 3 is 2.54 bits per heavy atom. The van der Waals surface area contributed by atoms with Crippen LogP contribution in [0, 0.1) is 5.82 Å². The molecular formula is C18H28FN3O2. The summed E-state index contributed by atoms with van der Waals surface area (Å²) in [6.07, 6.45) is 5.04. The highest BCUT2D eigenvalue weighted by molar-refractivity contribution is 5.79. The van der Waals surface area contributed by atoms with Crippen molar-refractivity contribution in [1.82, 2.24) is 10.6 Å². The number of rotatable bonds is 10. The van der Waals surface area contributed by atoms with Crippen molar-refractivity contribution in [2.45, 2.75) is 38.5 Å². The normalized spacial score (nSPS) is 11.2. The van der Waals surface area contributed by atoms with Crippen LogP contribution in [-0.2, 0) is 16.0 Å². The number of halogens is 1. The SMILES string of the molecule is CN=C(NCCCCCCC(=O)OC)NCCc1ccccc1F. The summed E-state index contributed by atoms with van der Waals surface area (Å²) in [5, 5.41) is 6.42. The third-order valence-corrected chi connectivity index (χ3v) is 3.70. The van der Waals surface area contributed by atoms with Crippen LogP contribution in [0.2, 0.25) is 0 Å². The van der Waals surface area contributed by atoms with Gasteiger partial charge < -0.3 is 15.4 Å². The predicted molar refractivity (Wildman–Crippen MR) is 94.6 cm³/mol. The lowest BCUT2D eigenvalue weighted by Gasteiger charge is -2.12. The minimum Gasteiger partial charge on any atom is -0.469 e. The van der Waals surface area contributed by atoms with E-state index in [-0.39, 0.29) is 11.8 Å². The van der Waals surface area contributed by atoms with Gasteiger partial charge in [-0.2, -0.15) is 0 Å². The number of carbonyl (C=O) groups is 1. The number of guanidine groups is 1. The lowest BCUT2D eigenvalue weighted by atomic mass is 10.1. The molecule has 0 radical (unpaired) electrons. The Morgan fingerprint density at radius 1 is 1.12 bits per heavy atom. The minimum absolute atomic E-state index is 0.146. The number of ether oxygens (including phenoxy) is 1. The Balaban J connectivity index is 2.09. The monoisotopic (exact) mass is 337 g/mol. The van der Waals surface area contributed by atoms with Gasteiger partial charge in [0.15, 0.2) is 5.96 Å². The number of esters is 1. The second kappa shape index (κ2) is 12.3. The van der Waals surface area contributed by atoms with Crippen molar-refractivity contribution in [1.29, 1.82) is 0 Å². The molecule has 0 bridgehead atoms. The number of carbonyl (C=O) groups excluding carboxylic acids is 1. The number of methoxy groups -OCH3 is 1. The maximum atomic E-state index is 13.5. The first-order valence-electron chi connectivity index (χ1n) is 8.42. The standard InChI is InChI=1S/C18H28FN3O2/c1-20-18(21-13-8-4-3-5-11-17(23)24-2)22-14-12-15-9-6-7-10-16(15)19/h6-7,9-10H,3-5,8,11-14H2,1-2H3,(H2,20,21,22). The number of unbranched alkanes of at least 4 members (excludes halogenated alkanes) is 3. The Labute approximate surface area is 143 Å². The summed E-state index contributed by atoms with van der Waals surface area (Å²) in [7, 11) is 3.13. The fourth-order valence-corrected chi connectivity index (χ4v) is 2.29. The van der Waals surface area contributed by atoms with Crippen LogP contribution >= 0.6 is 0 Å². The smallest absolute Gasteiger partial charge is 0.305 e. The van der Waals surface area contributed by atoms with Crippen molar-refractivity contribution in [2.24, 2.45) is 4.99 Å². The van der Waals surface area contributed by atoms with Crippen molar-refractivity contribution >= 4 is 11.9 Å². The highest BCUT2D eigenvalue weighted by Gasteiger charge is 2.02. The highest BCUT2D eigenvalue weighted by atomic mass is 19.1. The van der Waals surface area contributed by atoms with Crippen molar-refractivity contribution in [3.05, 3.63) is 35.6 Å². The van der Waals surface area contributed by atoms with Gasteiger partial charge in [0.2, 0.25) is 0 Å². The van der Waals surface area contributed by atoms with Gasteiger partial charge in [-0.25, -0.2) is 4.39 Å². The molecule has 1 aromatic carbocycles. The Kier molecular flexibility index (Phi) is 10.2. The molecule has 2 N–H and O–H groups in total. The zero-order valence-corrected chi connectivity index (χ0v) is 14.6. The Bertz CT molecular complexity index is 521. The predicted octanol–water partition coefficient (Wildman–Crippen LogP) is 2.66. The first-order chi connectivity index (χ1) is 11.7. The van der Waals surface area contributed by atoms with Crippen molar-refractivity contribution < 1.29 is 13.9 Å². The lowest BCUT2D eigenvalue weighted by molar-refractivity contribution is -0.140. The van der Waals surface area contributed by atoms with Gasteiger partial charge in [-0.05, 0) is 30.9 Å². The number of hydrogen-bond donors (Lipinski definition) is 2. The van der Waals surface area contributed by atoms with Gasteiger partial charge >= 0.3 is 5.97 Å². The maximum Gasteiger partial charge on any atom is 0.305 e. The maximum absolute atomic E-state index is 13.5. The molecule has 0 aliphatic rings. The number of aliphatic imine (C=N–C) groups is 1. The summed E-state index contributed by atoms with van der Waals surface area (Å²) in [5.74, 6) is 0.405. The molecule has 0 atom stereocenters. The van der Waals surface area contributed by atoms with Crippen LogP contribution in [0.4, 0.5) is 4.39 Å². The van der Waals surface area contributed by atoms with E-state index in [1.54, 1.807) is 19.2 Å². The lowest BCUT2D eigenvalue weighted by Crippen LogP contribution is -2.38. The molecule has 0 spiro atoms. The summed E-state index contributed by atoms with van der Waals surface area (Å²) in [5.41, 5.74) is 0.700. The van der Waals surface area contributed by atoms with E-state index in [2.05, 4.69) is 20.4 Å². The molecule has 0 heterocycles. The fourth-order valence-electron chi connectivity index (χ4n) is 2.29. The molecule has 0 aromatic heterocycles. The number of hydrogen-bond acceptors (Lipinski definition) is 3. The molecule has 1 aromatic rings. The van der Waals surface area contributed by atoms with Gasteiger partial charge in [-0.3, -0.25) is 9.79 Å². The third-order valence-electron chi connectivity index (χ3n) is 3.70. The quantitative estimate of drug-likeness (QED) is 0.298. The zero-order chi connectivity index (χ0) is 17.6. The zero-order valence-electron chi connectivity index (χ0n) is 14.6. The van der Waals surface area contributed by atoms with Crippen LogP contribution in [-0.4, -0.2) is 39.2 Å². The first kappa shape index (κ1) is 19.9. The molecule has 0 saturated heterocycles. The molecular weight excluding hydrogens is 309 g/mol. The van der Waals surface area contributed by atoms with Gasteiger partial charge in [0, 0.05) is 26.6 Å². The minimum atomic E-state index is -0.172. The van der Waals surface area contributed by atoms with Gasteiger partial charge in [-0.1, -0.05) is 31.0 Å². The highest BCUT2D eigenvalue weighted by Crippen LogP contribution is 2.06. The summed E-state index contributed by atoms with van der Waals surface area (Å²) < 4.78 is 18.1. The Morgan fingerprint density at radius 2 is 1.83 bits per heavy atom. The fraction of sp³-hybridized carbons (Fsp3) is 0.556. The van der Waals surface area contributed by atoms with E-state index in [0.29, 0.717) is 24.9 Å². The van der Waals surface area contributed by atoms with Gasteiger partial charge in [0.05, 0.1) is 7.11 Å². The van der Waals surface area contributed by atoms with E-state index < -0.39 is 0 Å². The molecule has 0 amide bonds. The number of benzene rings is 1. The van der Waals surface area contributed by atoms with Gasteiger partial charge in [0.1, 0.15) is 5.82 Å². The molecule has 6 heteroatoms. The summed E-state index contributed by atoms with van der Waals surface area (Å²) in [4.78, 5) is 15.1. The average molecular weight is 337 g/mol. The van der Waals surface area contributed by atoms with Crippen LogP contribution < -0.4 is 10.6 Å². The largest absolute Gasteiger partial charge is 0.469 e. The van der Waals surface area contributed by atoms with Crippen molar-refractivity contribution in [3.63, 3.8) is 0 Å². The van der Waals surface area contributed by atoms with Crippen LogP contribution in [0.1, 0.15) is 37.7 Å². The molecule has 0 unspecified atom stereocenters. The Hall–Kier alpha value is -2.11. The van der Waals surface area contributed by atoms with Crippen molar-refractivity contribution in [3.8, 4) is 0 Å². The van der Waals surface area contributed by atoms with Crippen LogP contribution in [0.5, 0.6) is 0 Å². The van der Waals surface area contributed by atoms with Gasteiger partial charge in [0.25, 0.3) is 0 Å². The number of nitrogens with one attached hydrogen (secondary N) is 2. The summed E-state index contributed by atoms with van der Waals surface area (Å²) in [6.45, 7) is 1.44. The molecule has 0 fully saturated rings. The summed E-state index contributed by atoms with van der Waals surface area (Å²) >= 11 is 0. The second-order valence-electron chi connectivity index (χ2n) is 5.51. The van der Waals surface area contributed by atoms with Crippen LogP contribution in [0.3, 0.4) is 0 Å². The van der Waals surface area contributed by atoms with E-state index in [0.717, 1.165) is 38.2 Å². The summed E-state index contributed by atoms with van der Waals surface area (Å²) in [6, 6.07) is 6.80. The van der Waals surface area contributed by atoms with Crippen molar-refractivity contribution in [2.75, 3.05) is 27.2 Å². The third kappa shape index (κ3) is 8.50. The first-order valence-corrected chi connectivity index (χ1v) is 8.42. The molecule has 134 valence electrons. The van der Waals surface area contributed by atoms with Crippen LogP contribution in [0.25, 0.3) is 0 Å². The average Bonchev–Trinajstić information content (AvgIpc) is 2.60.